The van der Waals surface area contributed by atoms with Crippen LogP contribution in [0.25, 0.3) is 0 Å². The molecule has 30 heavy (non-hydrogen) atoms. The van der Waals surface area contributed by atoms with Crippen LogP contribution in [0.1, 0.15) is 30.4 Å². The van der Waals surface area contributed by atoms with Gasteiger partial charge in [0.25, 0.3) is 0 Å². The molecular formula is C20H31N3O5S2. The molecule has 2 saturated heterocycles. The molecule has 0 aromatic heterocycles. The molecule has 3 rings (SSSR count). The van der Waals surface area contributed by atoms with Crippen LogP contribution >= 0.6 is 0 Å². The van der Waals surface area contributed by atoms with Crippen molar-refractivity contribution < 1.29 is 21.6 Å². The first-order chi connectivity index (χ1) is 14.0. The average Bonchev–Trinajstić information content (AvgIpc) is 2.96. The molecule has 8 nitrogen and oxygen atoms in total. The van der Waals surface area contributed by atoms with E-state index in [2.05, 4.69) is 0 Å². The van der Waals surface area contributed by atoms with Crippen LogP contribution in [-0.4, -0.2) is 81.8 Å². The van der Waals surface area contributed by atoms with Crippen LogP contribution < -0.4 is 0 Å². The Morgan fingerprint density at radius 3 is 2.13 bits per heavy atom. The fourth-order valence-electron chi connectivity index (χ4n) is 4.07. The van der Waals surface area contributed by atoms with Gasteiger partial charge >= 0.3 is 0 Å². The number of benzene rings is 1. The summed E-state index contributed by atoms with van der Waals surface area (Å²) in [4.78, 5) is 15.0. The highest BCUT2D eigenvalue weighted by atomic mass is 32.2. The number of hydrogen-bond donors (Lipinski definition) is 0. The smallest absolute Gasteiger partial charge is 0.243 e. The summed E-state index contributed by atoms with van der Waals surface area (Å²) in [5.41, 5.74) is 1.98. The van der Waals surface area contributed by atoms with Crippen LogP contribution in [0.5, 0.6) is 0 Å². The number of hydrogen-bond acceptors (Lipinski definition) is 5. The minimum Gasteiger partial charge on any atom is -0.341 e. The fraction of sp³-hybridized carbons (Fsp3) is 0.650. The van der Waals surface area contributed by atoms with E-state index >= 15 is 0 Å². The van der Waals surface area contributed by atoms with E-state index in [1.54, 1.807) is 17.0 Å². The van der Waals surface area contributed by atoms with Crippen molar-refractivity contribution in [3.8, 4) is 0 Å². The van der Waals surface area contributed by atoms with Gasteiger partial charge in [-0.15, -0.1) is 0 Å². The SMILES string of the molecule is Cc1ccc(S(=O)(=O)N2CCC(C(=O)N3CCCN(S(C)(=O)=O)CC3)CC2)cc1C. The molecule has 0 radical (unpaired) electrons. The quantitative estimate of drug-likeness (QED) is 0.677. The van der Waals surface area contributed by atoms with E-state index in [0.717, 1.165) is 11.1 Å². The second-order valence-electron chi connectivity index (χ2n) is 8.27. The fourth-order valence-corrected chi connectivity index (χ4v) is 6.50. The molecular weight excluding hydrogens is 426 g/mol. The summed E-state index contributed by atoms with van der Waals surface area (Å²) in [5, 5.41) is 0. The third kappa shape index (κ3) is 5.04. The second kappa shape index (κ2) is 8.94. The average molecular weight is 458 g/mol. The Morgan fingerprint density at radius 1 is 0.867 bits per heavy atom. The molecule has 0 unspecified atom stereocenters. The molecule has 2 fully saturated rings. The monoisotopic (exact) mass is 457 g/mol. The number of amides is 1. The van der Waals surface area contributed by atoms with Gasteiger partial charge in [-0.3, -0.25) is 4.79 Å². The van der Waals surface area contributed by atoms with E-state index in [4.69, 9.17) is 0 Å². The van der Waals surface area contributed by atoms with Crippen molar-refractivity contribution in [3.05, 3.63) is 29.3 Å². The van der Waals surface area contributed by atoms with Crippen LogP contribution in [0.4, 0.5) is 0 Å². The minimum absolute atomic E-state index is 0.00794. The largest absolute Gasteiger partial charge is 0.341 e. The van der Waals surface area contributed by atoms with Crippen molar-refractivity contribution in [1.29, 1.82) is 0 Å². The lowest BCUT2D eigenvalue weighted by atomic mass is 9.96. The highest BCUT2D eigenvalue weighted by Crippen LogP contribution is 2.26. The molecule has 0 spiro atoms. The number of piperidine rings is 1. The molecule has 1 aromatic carbocycles. The van der Waals surface area contributed by atoms with Crippen molar-refractivity contribution >= 4 is 26.0 Å². The lowest BCUT2D eigenvalue weighted by Crippen LogP contribution is -2.45. The van der Waals surface area contributed by atoms with E-state index in [9.17, 15) is 21.6 Å². The van der Waals surface area contributed by atoms with Gasteiger partial charge in [0.1, 0.15) is 0 Å². The summed E-state index contributed by atoms with van der Waals surface area (Å²) in [7, 11) is -6.83. The van der Waals surface area contributed by atoms with Gasteiger partial charge in [0, 0.05) is 45.2 Å². The minimum atomic E-state index is -3.57. The summed E-state index contributed by atoms with van der Waals surface area (Å²) in [6, 6.07) is 5.16. The summed E-state index contributed by atoms with van der Waals surface area (Å²) < 4.78 is 52.4. The highest BCUT2D eigenvalue weighted by Gasteiger charge is 2.34. The van der Waals surface area contributed by atoms with Gasteiger partial charge in [0.05, 0.1) is 11.2 Å². The Hall–Kier alpha value is -1.49. The van der Waals surface area contributed by atoms with E-state index in [1.807, 2.05) is 19.9 Å². The molecule has 1 amide bonds. The first-order valence-corrected chi connectivity index (χ1v) is 13.6. The van der Waals surface area contributed by atoms with Gasteiger partial charge in [-0.2, -0.15) is 4.31 Å². The van der Waals surface area contributed by atoms with Crippen molar-refractivity contribution in [2.75, 3.05) is 45.5 Å². The lowest BCUT2D eigenvalue weighted by Gasteiger charge is -2.33. The van der Waals surface area contributed by atoms with Gasteiger partial charge in [-0.25, -0.2) is 21.1 Å². The van der Waals surface area contributed by atoms with Gasteiger partial charge in [0.15, 0.2) is 0 Å². The maximum absolute atomic E-state index is 13.0. The zero-order chi connectivity index (χ0) is 22.1. The molecule has 2 heterocycles. The van der Waals surface area contributed by atoms with Crippen molar-refractivity contribution in [2.45, 2.75) is 38.0 Å². The second-order valence-corrected chi connectivity index (χ2v) is 12.2. The van der Waals surface area contributed by atoms with Gasteiger partial charge in [-0.1, -0.05) is 6.07 Å². The molecule has 0 aliphatic carbocycles. The summed E-state index contributed by atoms with van der Waals surface area (Å²) >= 11 is 0. The molecule has 2 aliphatic heterocycles. The third-order valence-electron chi connectivity index (χ3n) is 6.15. The van der Waals surface area contributed by atoms with E-state index in [1.165, 1.54) is 14.9 Å². The highest BCUT2D eigenvalue weighted by molar-refractivity contribution is 7.89. The Bertz CT molecular complexity index is 999. The summed E-state index contributed by atoms with van der Waals surface area (Å²) in [6.07, 6.45) is 2.76. The molecule has 10 heteroatoms. The maximum atomic E-state index is 13.0. The number of sulfonamides is 2. The predicted octanol–water partition coefficient (Wildman–Crippen LogP) is 1.20. The van der Waals surface area contributed by atoms with Crippen LogP contribution in [0.2, 0.25) is 0 Å². The van der Waals surface area contributed by atoms with E-state index < -0.39 is 20.0 Å². The van der Waals surface area contributed by atoms with Crippen molar-refractivity contribution in [1.82, 2.24) is 13.5 Å². The number of carbonyl (C=O) groups is 1. The van der Waals surface area contributed by atoms with Crippen LogP contribution in [0.3, 0.4) is 0 Å². The predicted molar refractivity (Wildman–Crippen MR) is 115 cm³/mol. The number of rotatable bonds is 4. The molecule has 2 aliphatic rings. The first kappa shape index (κ1) is 23.2. The molecule has 1 aromatic rings. The summed E-state index contributed by atoms with van der Waals surface area (Å²) in [5.74, 6) is -0.213. The lowest BCUT2D eigenvalue weighted by molar-refractivity contribution is -0.136. The first-order valence-electron chi connectivity index (χ1n) is 10.3. The van der Waals surface area contributed by atoms with Crippen LogP contribution in [0, 0.1) is 19.8 Å². The Balaban J connectivity index is 1.61. The summed E-state index contributed by atoms with van der Waals surface area (Å²) in [6.45, 7) is 6.12. The normalized spacial score (nSPS) is 20.8. The topological polar surface area (TPSA) is 95.1 Å². The van der Waals surface area contributed by atoms with E-state index in [-0.39, 0.29) is 11.8 Å². The Labute approximate surface area is 179 Å². The van der Waals surface area contributed by atoms with Crippen molar-refractivity contribution in [3.63, 3.8) is 0 Å². The number of nitrogens with zero attached hydrogens (tertiary/aromatic N) is 3. The van der Waals surface area contributed by atoms with Gasteiger partial charge in [0.2, 0.25) is 26.0 Å². The number of carbonyl (C=O) groups excluding carboxylic acids is 1. The Kier molecular flexibility index (Phi) is 6.91. The Morgan fingerprint density at radius 2 is 1.53 bits per heavy atom. The standard InChI is InChI=1S/C20H31N3O5S2/c1-16-5-6-19(15-17(16)2)30(27,28)23-11-7-18(8-12-23)20(24)21-9-4-10-22(14-13-21)29(3,25)26/h5-6,15,18H,4,7-14H2,1-3H3. The molecule has 0 N–H and O–H groups in total. The number of aryl methyl sites for hydroxylation is 2. The molecule has 168 valence electrons. The third-order valence-corrected chi connectivity index (χ3v) is 9.35. The van der Waals surface area contributed by atoms with Gasteiger partial charge in [-0.05, 0) is 56.4 Å². The van der Waals surface area contributed by atoms with Crippen LogP contribution in [0.15, 0.2) is 23.1 Å². The van der Waals surface area contributed by atoms with Crippen molar-refractivity contribution in [2.24, 2.45) is 5.92 Å². The molecule has 0 atom stereocenters. The zero-order valence-electron chi connectivity index (χ0n) is 17.9. The van der Waals surface area contributed by atoms with Gasteiger partial charge < -0.3 is 4.90 Å². The molecule has 0 saturated carbocycles. The maximum Gasteiger partial charge on any atom is 0.243 e. The van der Waals surface area contributed by atoms with Crippen LogP contribution in [-0.2, 0) is 24.8 Å². The zero-order valence-corrected chi connectivity index (χ0v) is 19.5. The van der Waals surface area contributed by atoms with E-state index in [0.29, 0.717) is 63.4 Å². The molecule has 0 bridgehead atoms.